The number of rotatable bonds is 4. The second-order valence-corrected chi connectivity index (χ2v) is 7.60. The quantitative estimate of drug-likeness (QED) is 0.877. The van der Waals surface area contributed by atoms with Crippen LogP contribution in [0.15, 0.2) is 24.3 Å². The van der Waals surface area contributed by atoms with Crippen LogP contribution in [0.25, 0.3) is 0 Å². The molecule has 0 aromatic heterocycles. The monoisotopic (exact) mass is 349 g/mol. The van der Waals surface area contributed by atoms with Gasteiger partial charge in [0.05, 0.1) is 12.6 Å². The van der Waals surface area contributed by atoms with E-state index in [1.54, 1.807) is 0 Å². The van der Waals surface area contributed by atoms with Gasteiger partial charge in [-0.3, -0.25) is 9.69 Å². The number of hydrogen-bond acceptors (Lipinski definition) is 3. The number of amides is 1. The minimum atomic E-state index is -0.0728. The van der Waals surface area contributed by atoms with E-state index >= 15 is 0 Å². The molecule has 1 saturated heterocycles. The third-order valence-electron chi connectivity index (χ3n) is 5.55. The molecule has 1 aliphatic heterocycles. The highest BCUT2D eigenvalue weighted by Crippen LogP contribution is 2.34. The van der Waals surface area contributed by atoms with Gasteiger partial charge in [0, 0.05) is 30.2 Å². The minimum absolute atomic E-state index is 0.0728. The van der Waals surface area contributed by atoms with Crippen LogP contribution in [0.4, 0.5) is 0 Å². The van der Waals surface area contributed by atoms with E-state index in [-0.39, 0.29) is 17.5 Å². The van der Waals surface area contributed by atoms with Crippen LogP contribution in [0, 0.1) is 0 Å². The first-order valence-corrected chi connectivity index (χ1v) is 9.48. The number of carbonyl (C=O) groups excluding carboxylic acids is 1. The van der Waals surface area contributed by atoms with Crippen LogP contribution in [-0.4, -0.2) is 42.5 Å². The fraction of sp³-hybridized carbons (Fsp3) is 0.632. The van der Waals surface area contributed by atoms with E-state index < -0.39 is 0 Å². The van der Waals surface area contributed by atoms with Gasteiger partial charge in [-0.2, -0.15) is 0 Å². The first-order chi connectivity index (χ1) is 11.6. The molecule has 2 aliphatic rings. The average molecular weight is 350 g/mol. The predicted octanol–water partition coefficient (Wildman–Crippen LogP) is 3.13. The normalized spacial score (nSPS) is 22.2. The van der Waals surface area contributed by atoms with Gasteiger partial charge in [0.2, 0.25) is 5.91 Å². The van der Waals surface area contributed by atoms with Crippen LogP contribution >= 0.6 is 11.6 Å². The molecular weight excluding hydrogens is 322 g/mol. The zero-order valence-electron chi connectivity index (χ0n) is 14.5. The number of nitrogens with zero attached hydrogens (tertiary/aromatic N) is 1. The van der Waals surface area contributed by atoms with Gasteiger partial charge in [0.15, 0.2) is 0 Å². The summed E-state index contributed by atoms with van der Waals surface area (Å²) in [6.45, 7) is 5.41. The molecule has 0 radical (unpaired) electrons. The van der Waals surface area contributed by atoms with Gasteiger partial charge < -0.3 is 10.6 Å². The second kappa shape index (κ2) is 7.85. The summed E-state index contributed by atoms with van der Waals surface area (Å²) in [6, 6.07) is 7.63. The Balaban J connectivity index is 1.62. The lowest BCUT2D eigenvalue weighted by molar-refractivity contribution is -0.125. The van der Waals surface area contributed by atoms with E-state index in [1.807, 2.05) is 31.2 Å². The molecule has 5 heteroatoms. The highest BCUT2D eigenvalue weighted by molar-refractivity contribution is 6.31. The van der Waals surface area contributed by atoms with E-state index in [0.717, 1.165) is 25.2 Å². The van der Waals surface area contributed by atoms with Crippen molar-refractivity contribution in [2.75, 3.05) is 26.2 Å². The topological polar surface area (TPSA) is 44.4 Å². The van der Waals surface area contributed by atoms with Crippen LogP contribution in [0.1, 0.15) is 50.6 Å². The lowest BCUT2D eigenvalue weighted by Crippen LogP contribution is -2.63. The van der Waals surface area contributed by atoms with Gasteiger partial charge in [-0.05, 0) is 31.4 Å². The summed E-state index contributed by atoms with van der Waals surface area (Å²) in [7, 11) is 0. The number of hydrogen-bond donors (Lipinski definition) is 2. The largest absolute Gasteiger partial charge is 0.348 e. The van der Waals surface area contributed by atoms with Crippen LogP contribution in [0.3, 0.4) is 0 Å². The molecule has 132 valence electrons. The first kappa shape index (κ1) is 17.7. The summed E-state index contributed by atoms with van der Waals surface area (Å²) in [4.78, 5) is 15.0. The van der Waals surface area contributed by atoms with Crippen LogP contribution in [0.5, 0.6) is 0 Å². The maximum atomic E-state index is 12.6. The van der Waals surface area contributed by atoms with Crippen molar-refractivity contribution in [3.8, 4) is 0 Å². The molecular formula is C19H28ClN3O. The molecule has 2 N–H and O–H groups in total. The summed E-state index contributed by atoms with van der Waals surface area (Å²) in [6.07, 6.45) is 6.28. The number of nitrogens with one attached hydrogen (secondary N) is 2. The smallest absolute Gasteiger partial charge is 0.234 e. The maximum Gasteiger partial charge on any atom is 0.234 e. The Hall–Kier alpha value is -1.10. The SMILES string of the molecule is CC(NC(=O)CN1CCNCC12CCCCC2)c1ccccc1Cl. The van der Waals surface area contributed by atoms with E-state index in [9.17, 15) is 4.79 Å². The molecule has 3 rings (SSSR count). The summed E-state index contributed by atoms with van der Waals surface area (Å²) in [5.74, 6) is 0.0919. The fourth-order valence-corrected chi connectivity index (χ4v) is 4.50. The molecule has 1 spiro atoms. The molecule has 4 nitrogen and oxygen atoms in total. The summed E-state index contributed by atoms with van der Waals surface area (Å²) in [5, 5.41) is 7.36. The van der Waals surface area contributed by atoms with E-state index in [0.29, 0.717) is 11.6 Å². The van der Waals surface area contributed by atoms with E-state index in [4.69, 9.17) is 11.6 Å². The van der Waals surface area contributed by atoms with Gasteiger partial charge in [0.1, 0.15) is 0 Å². The maximum absolute atomic E-state index is 12.6. The van der Waals surface area contributed by atoms with Crippen molar-refractivity contribution >= 4 is 17.5 Å². The van der Waals surface area contributed by atoms with Crippen molar-refractivity contribution in [2.45, 2.75) is 50.6 Å². The average Bonchev–Trinajstić information content (AvgIpc) is 2.58. The highest BCUT2D eigenvalue weighted by atomic mass is 35.5. The zero-order valence-corrected chi connectivity index (χ0v) is 15.2. The molecule has 1 saturated carbocycles. The number of piperazine rings is 1. The lowest BCUT2D eigenvalue weighted by atomic mass is 9.79. The first-order valence-electron chi connectivity index (χ1n) is 9.10. The predicted molar refractivity (Wildman–Crippen MR) is 98.3 cm³/mol. The third kappa shape index (κ3) is 3.93. The van der Waals surface area contributed by atoms with Crippen molar-refractivity contribution < 1.29 is 4.79 Å². The molecule has 1 amide bonds. The summed E-state index contributed by atoms with van der Waals surface area (Å²) in [5.41, 5.74) is 1.15. The Morgan fingerprint density at radius 3 is 2.83 bits per heavy atom. The number of benzene rings is 1. The molecule has 1 heterocycles. The van der Waals surface area contributed by atoms with E-state index in [2.05, 4.69) is 15.5 Å². The second-order valence-electron chi connectivity index (χ2n) is 7.19. The van der Waals surface area contributed by atoms with Gasteiger partial charge in [-0.25, -0.2) is 0 Å². The van der Waals surface area contributed by atoms with Gasteiger partial charge in [-0.15, -0.1) is 0 Å². The van der Waals surface area contributed by atoms with Gasteiger partial charge >= 0.3 is 0 Å². The zero-order chi connectivity index (χ0) is 17.0. The molecule has 1 atom stereocenters. The molecule has 24 heavy (non-hydrogen) atoms. The van der Waals surface area contributed by atoms with E-state index in [1.165, 1.54) is 32.1 Å². The van der Waals surface area contributed by atoms with Crippen LogP contribution in [-0.2, 0) is 4.79 Å². The summed E-state index contributed by atoms with van der Waals surface area (Å²) >= 11 is 6.24. The van der Waals surface area contributed by atoms with Crippen molar-refractivity contribution in [2.24, 2.45) is 0 Å². The Bertz CT molecular complexity index is 563. The highest BCUT2D eigenvalue weighted by Gasteiger charge is 2.40. The molecule has 0 bridgehead atoms. The van der Waals surface area contributed by atoms with Crippen molar-refractivity contribution in [1.82, 2.24) is 15.5 Å². The Labute approximate surface area is 149 Å². The molecule has 1 aliphatic carbocycles. The van der Waals surface area contributed by atoms with Gasteiger partial charge in [-0.1, -0.05) is 49.1 Å². The fourth-order valence-electron chi connectivity index (χ4n) is 4.20. The molecule has 1 aromatic rings. The Morgan fingerprint density at radius 1 is 1.33 bits per heavy atom. The van der Waals surface area contributed by atoms with Gasteiger partial charge in [0.25, 0.3) is 0 Å². The van der Waals surface area contributed by atoms with Crippen LogP contribution < -0.4 is 10.6 Å². The lowest BCUT2D eigenvalue weighted by Gasteiger charge is -2.49. The Kier molecular flexibility index (Phi) is 5.80. The number of halogens is 1. The number of carbonyl (C=O) groups is 1. The third-order valence-corrected chi connectivity index (χ3v) is 5.90. The Morgan fingerprint density at radius 2 is 2.08 bits per heavy atom. The van der Waals surface area contributed by atoms with Crippen molar-refractivity contribution in [3.05, 3.63) is 34.9 Å². The molecule has 1 unspecified atom stereocenters. The van der Waals surface area contributed by atoms with Crippen LogP contribution in [0.2, 0.25) is 5.02 Å². The summed E-state index contributed by atoms with van der Waals surface area (Å²) < 4.78 is 0. The molecule has 1 aromatic carbocycles. The minimum Gasteiger partial charge on any atom is -0.348 e. The van der Waals surface area contributed by atoms with Crippen molar-refractivity contribution in [3.63, 3.8) is 0 Å². The molecule has 2 fully saturated rings. The van der Waals surface area contributed by atoms with Crippen molar-refractivity contribution in [1.29, 1.82) is 0 Å². The standard InChI is InChI=1S/C19H28ClN3O/c1-15(16-7-3-4-8-17(16)20)22-18(24)13-23-12-11-21-14-19(23)9-5-2-6-10-19/h3-4,7-8,15,21H,2,5-6,9-14H2,1H3,(H,22,24).